The van der Waals surface area contributed by atoms with E-state index in [9.17, 15) is 13.2 Å². The maximum Gasteiger partial charge on any atom is 0.240 e. The predicted octanol–water partition coefficient (Wildman–Crippen LogP) is 2.43. The number of nitrogens with zero attached hydrogens (tertiary/aromatic N) is 1. The normalized spacial score (nSPS) is 11.7. The SMILES string of the molecule is CC(=O)N(CCNS(=O)(=O)c1ccc(Cl)c(C)c1)CC(C)C. The Morgan fingerprint density at radius 3 is 2.50 bits per heavy atom. The van der Waals surface area contributed by atoms with E-state index in [0.717, 1.165) is 0 Å². The van der Waals surface area contributed by atoms with E-state index in [4.69, 9.17) is 11.6 Å². The van der Waals surface area contributed by atoms with E-state index < -0.39 is 10.0 Å². The largest absolute Gasteiger partial charge is 0.341 e. The van der Waals surface area contributed by atoms with Gasteiger partial charge in [0.1, 0.15) is 0 Å². The summed E-state index contributed by atoms with van der Waals surface area (Å²) >= 11 is 5.90. The number of amides is 1. The highest BCUT2D eigenvalue weighted by Crippen LogP contribution is 2.19. The first-order valence-corrected chi connectivity index (χ1v) is 9.01. The van der Waals surface area contributed by atoms with Crippen LogP contribution in [0.25, 0.3) is 0 Å². The van der Waals surface area contributed by atoms with Gasteiger partial charge in [-0.05, 0) is 36.6 Å². The minimum absolute atomic E-state index is 0.0600. The van der Waals surface area contributed by atoms with Gasteiger partial charge < -0.3 is 4.90 Å². The minimum atomic E-state index is -3.60. The summed E-state index contributed by atoms with van der Waals surface area (Å²) in [6.07, 6.45) is 0. The number of nitrogens with one attached hydrogen (secondary N) is 1. The van der Waals surface area contributed by atoms with Crippen molar-refractivity contribution in [3.05, 3.63) is 28.8 Å². The fraction of sp³-hybridized carbons (Fsp3) is 0.533. The zero-order valence-electron chi connectivity index (χ0n) is 13.4. The number of hydrogen-bond donors (Lipinski definition) is 1. The van der Waals surface area contributed by atoms with Crippen molar-refractivity contribution in [3.63, 3.8) is 0 Å². The highest BCUT2D eigenvalue weighted by atomic mass is 35.5. The molecule has 5 nitrogen and oxygen atoms in total. The van der Waals surface area contributed by atoms with Crippen LogP contribution in [-0.4, -0.2) is 38.9 Å². The van der Waals surface area contributed by atoms with Gasteiger partial charge >= 0.3 is 0 Å². The molecule has 0 aliphatic carbocycles. The summed E-state index contributed by atoms with van der Waals surface area (Å²) < 4.78 is 26.9. The van der Waals surface area contributed by atoms with Crippen LogP contribution in [0.5, 0.6) is 0 Å². The lowest BCUT2D eigenvalue weighted by Gasteiger charge is -2.23. The average molecular weight is 347 g/mol. The number of carbonyl (C=O) groups excluding carboxylic acids is 1. The molecule has 0 spiro atoms. The molecular weight excluding hydrogens is 324 g/mol. The van der Waals surface area contributed by atoms with Crippen molar-refractivity contribution < 1.29 is 13.2 Å². The van der Waals surface area contributed by atoms with Crippen LogP contribution in [0.15, 0.2) is 23.1 Å². The summed E-state index contributed by atoms with van der Waals surface area (Å²) in [6.45, 7) is 8.39. The lowest BCUT2D eigenvalue weighted by atomic mass is 10.2. The fourth-order valence-electron chi connectivity index (χ4n) is 2.00. The first-order chi connectivity index (χ1) is 10.1. The second kappa shape index (κ2) is 7.94. The second-order valence-electron chi connectivity index (χ2n) is 5.67. The van der Waals surface area contributed by atoms with Crippen LogP contribution in [0.3, 0.4) is 0 Å². The van der Waals surface area contributed by atoms with Gasteiger partial charge in [0.05, 0.1) is 4.90 Å². The molecule has 0 unspecified atom stereocenters. The van der Waals surface area contributed by atoms with Crippen LogP contribution < -0.4 is 4.72 Å². The van der Waals surface area contributed by atoms with Crippen LogP contribution in [-0.2, 0) is 14.8 Å². The fourth-order valence-corrected chi connectivity index (χ4v) is 3.22. The highest BCUT2D eigenvalue weighted by Gasteiger charge is 2.16. The Bertz CT molecular complexity index is 630. The third kappa shape index (κ3) is 5.59. The lowest BCUT2D eigenvalue weighted by Crippen LogP contribution is -2.39. The van der Waals surface area contributed by atoms with Crippen molar-refractivity contribution >= 4 is 27.5 Å². The Hall–Kier alpha value is -1.11. The Morgan fingerprint density at radius 1 is 1.36 bits per heavy atom. The molecule has 22 heavy (non-hydrogen) atoms. The maximum atomic E-state index is 12.2. The van der Waals surface area contributed by atoms with Gasteiger partial charge in [-0.15, -0.1) is 0 Å². The first-order valence-electron chi connectivity index (χ1n) is 7.15. The molecule has 0 heterocycles. The molecule has 0 saturated heterocycles. The quantitative estimate of drug-likeness (QED) is 0.824. The predicted molar refractivity (Wildman–Crippen MR) is 88.5 cm³/mol. The van der Waals surface area contributed by atoms with Crippen LogP contribution in [0.4, 0.5) is 0 Å². The van der Waals surface area contributed by atoms with Gasteiger partial charge in [-0.1, -0.05) is 25.4 Å². The van der Waals surface area contributed by atoms with Crippen molar-refractivity contribution in [3.8, 4) is 0 Å². The molecule has 1 amide bonds. The van der Waals surface area contributed by atoms with Crippen LogP contribution >= 0.6 is 11.6 Å². The Labute approximate surface area is 137 Å². The van der Waals surface area contributed by atoms with Gasteiger partial charge in [-0.3, -0.25) is 4.79 Å². The molecule has 124 valence electrons. The monoisotopic (exact) mass is 346 g/mol. The first kappa shape index (κ1) is 18.9. The van der Waals surface area contributed by atoms with Gasteiger partial charge in [0.2, 0.25) is 15.9 Å². The van der Waals surface area contributed by atoms with Gasteiger partial charge in [0.15, 0.2) is 0 Å². The smallest absolute Gasteiger partial charge is 0.240 e. The van der Waals surface area contributed by atoms with E-state index in [-0.39, 0.29) is 17.3 Å². The van der Waals surface area contributed by atoms with Crippen molar-refractivity contribution in [1.29, 1.82) is 0 Å². The molecule has 0 bridgehead atoms. The molecule has 7 heteroatoms. The zero-order valence-corrected chi connectivity index (χ0v) is 15.0. The molecule has 0 aliphatic rings. The van der Waals surface area contributed by atoms with Crippen LogP contribution in [0, 0.1) is 12.8 Å². The summed E-state index contributed by atoms with van der Waals surface area (Å²) in [5.41, 5.74) is 0.703. The number of benzene rings is 1. The third-order valence-corrected chi connectivity index (χ3v) is 5.03. The zero-order chi connectivity index (χ0) is 16.9. The molecule has 1 aromatic carbocycles. The molecular formula is C15H23ClN2O3S. The van der Waals surface area contributed by atoms with E-state index in [0.29, 0.717) is 29.6 Å². The molecule has 0 aliphatic heterocycles. The Balaban J connectivity index is 2.69. The highest BCUT2D eigenvalue weighted by molar-refractivity contribution is 7.89. The average Bonchev–Trinajstić information content (AvgIpc) is 2.39. The van der Waals surface area contributed by atoms with E-state index in [1.165, 1.54) is 19.1 Å². The molecule has 0 saturated carbocycles. The summed E-state index contributed by atoms with van der Waals surface area (Å²) in [4.78, 5) is 13.3. The van der Waals surface area contributed by atoms with Gasteiger partial charge in [0, 0.05) is 31.6 Å². The van der Waals surface area contributed by atoms with Crippen molar-refractivity contribution in [2.24, 2.45) is 5.92 Å². The number of halogens is 1. The van der Waals surface area contributed by atoms with Gasteiger partial charge in [-0.2, -0.15) is 0 Å². The standard InChI is InChI=1S/C15H23ClN2O3S/c1-11(2)10-18(13(4)19)8-7-17-22(20,21)14-5-6-15(16)12(3)9-14/h5-6,9,11,17H,7-8,10H2,1-4H3. The lowest BCUT2D eigenvalue weighted by molar-refractivity contribution is -0.129. The molecule has 1 rings (SSSR count). The summed E-state index contributed by atoms with van der Waals surface area (Å²) in [5.74, 6) is 0.273. The van der Waals surface area contributed by atoms with Gasteiger partial charge in [-0.25, -0.2) is 13.1 Å². The maximum absolute atomic E-state index is 12.2. The van der Waals surface area contributed by atoms with Crippen LogP contribution in [0.1, 0.15) is 26.3 Å². The molecule has 0 radical (unpaired) electrons. The van der Waals surface area contributed by atoms with Gasteiger partial charge in [0.25, 0.3) is 0 Å². The van der Waals surface area contributed by atoms with Crippen molar-refractivity contribution in [1.82, 2.24) is 9.62 Å². The molecule has 0 atom stereocenters. The Kier molecular flexibility index (Phi) is 6.84. The summed E-state index contributed by atoms with van der Waals surface area (Å²) in [7, 11) is -3.60. The van der Waals surface area contributed by atoms with Crippen molar-refractivity contribution in [2.75, 3.05) is 19.6 Å². The van der Waals surface area contributed by atoms with Crippen molar-refractivity contribution in [2.45, 2.75) is 32.6 Å². The molecule has 0 fully saturated rings. The van der Waals surface area contributed by atoms with E-state index in [2.05, 4.69) is 4.72 Å². The topological polar surface area (TPSA) is 66.5 Å². The van der Waals surface area contributed by atoms with E-state index >= 15 is 0 Å². The number of sulfonamides is 1. The number of aryl methyl sites for hydroxylation is 1. The molecule has 1 N–H and O–H groups in total. The number of rotatable bonds is 7. The van der Waals surface area contributed by atoms with E-state index in [1.807, 2.05) is 13.8 Å². The van der Waals surface area contributed by atoms with E-state index in [1.54, 1.807) is 17.9 Å². The summed E-state index contributed by atoms with van der Waals surface area (Å²) in [6, 6.07) is 4.56. The third-order valence-electron chi connectivity index (χ3n) is 3.14. The number of carbonyl (C=O) groups is 1. The second-order valence-corrected chi connectivity index (χ2v) is 7.84. The van der Waals surface area contributed by atoms with Crippen LogP contribution in [0.2, 0.25) is 5.02 Å². The molecule has 1 aromatic rings. The number of hydrogen-bond acceptors (Lipinski definition) is 3. The minimum Gasteiger partial charge on any atom is -0.341 e. The summed E-state index contributed by atoms with van der Waals surface area (Å²) in [5, 5.41) is 0.527. The molecule has 0 aromatic heterocycles. The Morgan fingerprint density at radius 2 is 2.00 bits per heavy atom.